The number of fused-ring (bicyclic) bond motifs is 1. The molecule has 1 saturated heterocycles. The topological polar surface area (TPSA) is 85.2 Å². The molecule has 0 saturated carbocycles. The first kappa shape index (κ1) is 10.4. The first-order chi connectivity index (χ1) is 8.29. The van der Waals surface area contributed by atoms with Gasteiger partial charge in [0, 0.05) is 12.6 Å². The third-order valence-electron chi connectivity index (χ3n) is 3.38. The van der Waals surface area contributed by atoms with Crippen molar-refractivity contribution in [2.24, 2.45) is 11.7 Å². The summed E-state index contributed by atoms with van der Waals surface area (Å²) >= 11 is 0. The minimum atomic E-state index is 0.445. The van der Waals surface area contributed by atoms with Crippen LogP contribution in [0.5, 0.6) is 0 Å². The molecule has 2 unspecified atom stereocenters. The summed E-state index contributed by atoms with van der Waals surface area (Å²) in [5.41, 5.74) is 6.41. The number of tetrazole rings is 1. The Labute approximate surface area is 98.6 Å². The molecule has 2 atom stereocenters. The van der Waals surface area contributed by atoms with Crippen LogP contribution >= 0.6 is 0 Å². The Balaban J connectivity index is 2.01. The summed E-state index contributed by atoms with van der Waals surface area (Å²) in [6.45, 7) is 3.86. The van der Waals surface area contributed by atoms with Crippen LogP contribution in [0, 0.1) is 5.92 Å². The quantitative estimate of drug-likeness (QED) is 0.766. The number of hydrogen-bond donors (Lipinski definition) is 1. The third-order valence-corrected chi connectivity index (χ3v) is 3.38. The molecule has 7 heteroatoms. The summed E-state index contributed by atoms with van der Waals surface area (Å²) in [7, 11) is 0. The van der Waals surface area contributed by atoms with Crippen molar-refractivity contribution in [3.05, 3.63) is 12.4 Å². The fourth-order valence-corrected chi connectivity index (χ4v) is 2.49. The molecule has 2 aromatic heterocycles. The van der Waals surface area contributed by atoms with Gasteiger partial charge in [0.1, 0.15) is 0 Å². The van der Waals surface area contributed by atoms with Crippen LogP contribution in [0.25, 0.3) is 5.65 Å². The van der Waals surface area contributed by atoms with Crippen LogP contribution in [0.1, 0.15) is 13.3 Å². The van der Waals surface area contributed by atoms with Gasteiger partial charge in [0.2, 0.25) is 0 Å². The van der Waals surface area contributed by atoms with E-state index in [1.165, 1.54) is 0 Å². The lowest BCUT2D eigenvalue weighted by Gasteiger charge is -2.23. The van der Waals surface area contributed by atoms with Gasteiger partial charge < -0.3 is 10.6 Å². The van der Waals surface area contributed by atoms with Crippen LogP contribution in [0.3, 0.4) is 0 Å². The van der Waals surface area contributed by atoms with Crippen LogP contribution in [-0.2, 0) is 0 Å². The van der Waals surface area contributed by atoms with Crippen molar-refractivity contribution in [2.45, 2.75) is 19.4 Å². The van der Waals surface area contributed by atoms with E-state index in [4.69, 9.17) is 5.73 Å². The highest BCUT2D eigenvalue weighted by molar-refractivity contribution is 5.47. The minimum Gasteiger partial charge on any atom is -0.352 e. The summed E-state index contributed by atoms with van der Waals surface area (Å²) < 4.78 is 1.72. The van der Waals surface area contributed by atoms with Gasteiger partial charge in [-0.2, -0.15) is 4.52 Å². The number of anilines is 1. The van der Waals surface area contributed by atoms with E-state index in [1.54, 1.807) is 16.9 Å². The van der Waals surface area contributed by atoms with Crippen molar-refractivity contribution < 1.29 is 0 Å². The molecule has 3 heterocycles. The Morgan fingerprint density at radius 1 is 1.47 bits per heavy atom. The minimum absolute atomic E-state index is 0.445. The Kier molecular flexibility index (Phi) is 2.40. The fraction of sp³-hybridized carbons (Fsp3) is 0.600. The van der Waals surface area contributed by atoms with Crippen LogP contribution < -0.4 is 10.6 Å². The van der Waals surface area contributed by atoms with E-state index in [9.17, 15) is 0 Å². The second-order valence-corrected chi connectivity index (χ2v) is 4.55. The summed E-state index contributed by atoms with van der Waals surface area (Å²) in [6.07, 6.45) is 4.57. The Morgan fingerprint density at radius 3 is 3.12 bits per heavy atom. The SMILES string of the molecule is CC1CC(CN)CN1c1cncc2nnnn12. The normalized spacial score (nSPS) is 24.7. The number of aromatic nitrogens is 5. The molecule has 0 amide bonds. The molecule has 0 aromatic carbocycles. The summed E-state index contributed by atoms with van der Waals surface area (Å²) in [5, 5.41) is 11.6. The van der Waals surface area contributed by atoms with Crippen molar-refractivity contribution in [3.8, 4) is 0 Å². The molecule has 1 fully saturated rings. The lowest BCUT2D eigenvalue weighted by atomic mass is 10.1. The van der Waals surface area contributed by atoms with Gasteiger partial charge in [0.15, 0.2) is 11.5 Å². The van der Waals surface area contributed by atoms with Crippen molar-refractivity contribution in [2.75, 3.05) is 18.0 Å². The van der Waals surface area contributed by atoms with Gasteiger partial charge in [0.25, 0.3) is 0 Å². The number of hydrogen-bond acceptors (Lipinski definition) is 6. The molecule has 2 N–H and O–H groups in total. The van der Waals surface area contributed by atoms with E-state index in [2.05, 4.69) is 32.3 Å². The van der Waals surface area contributed by atoms with Crippen molar-refractivity contribution in [3.63, 3.8) is 0 Å². The number of rotatable bonds is 2. The lowest BCUT2D eigenvalue weighted by molar-refractivity contribution is 0.579. The number of nitrogens with two attached hydrogens (primary N) is 1. The van der Waals surface area contributed by atoms with Crippen molar-refractivity contribution >= 4 is 11.5 Å². The first-order valence-corrected chi connectivity index (χ1v) is 5.78. The highest BCUT2D eigenvalue weighted by Crippen LogP contribution is 2.27. The predicted octanol–water partition coefficient (Wildman–Crippen LogP) is -0.307. The second-order valence-electron chi connectivity index (χ2n) is 4.55. The summed E-state index contributed by atoms with van der Waals surface area (Å²) in [6, 6.07) is 0.445. The monoisotopic (exact) mass is 233 g/mol. The van der Waals surface area contributed by atoms with E-state index in [-0.39, 0.29) is 0 Å². The van der Waals surface area contributed by atoms with Gasteiger partial charge in [-0.3, -0.25) is 4.98 Å². The maximum atomic E-state index is 5.74. The van der Waals surface area contributed by atoms with Gasteiger partial charge >= 0.3 is 0 Å². The molecule has 2 aromatic rings. The highest BCUT2D eigenvalue weighted by atomic mass is 15.5. The van der Waals surface area contributed by atoms with Crippen LogP contribution in [0.2, 0.25) is 0 Å². The average Bonchev–Trinajstić information content (AvgIpc) is 2.94. The molecule has 90 valence electrons. The zero-order chi connectivity index (χ0) is 11.8. The second kappa shape index (κ2) is 3.92. The smallest absolute Gasteiger partial charge is 0.199 e. The lowest BCUT2D eigenvalue weighted by Crippen LogP contribution is -2.29. The van der Waals surface area contributed by atoms with Crippen molar-refractivity contribution in [1.29, 1.82) is 0 Å². The maximum Gasteiger partial charge on any atom is 0.199 e. The predicted molar refractivity (Wildman–Crippen MR) is 62.5 cm³/mol. The van der Waals surface area contributed by atoms with Gasteiger partial charge in [-0.25, -0.2) is 0 Å². The van der Waals surface area contributed by atoms with Crippen LogP contribution in [0.15, 0.2) is 12.4 Å². The number of nitrogens with zero attached hydrogens (tertiary/aromatic N) is 6. The van der Waals surface area contributed by atoms with Crippen molar-refractivity contribution in [1.82, 2.24) is 25.0 Å². The van der Waals surface area contributed by atoms with E-state index in [0.717, 1.165) is 25.3 Å². The maximum absolute atomic E-state index is 5.74. The molecule has 0 radical (unpaired) electrons. The Hall–Kier alpha value is -1.76. The molecule has 1 aliphatic rings. The molecular weight excluding hydrogens is 218 g/mol. The third kappa shape index (κ3) is 1.62. The largest absolute Gasteiger partial charge is 0.352 e. The van der Waals surface area contributed by atoms with Gasteiger partial charge in [-0.05, 0) is 36.2 Å². The fourth-order valence-electron chi connectivity index (χ4n) is 2.49. The molecule has 0 aliphatic carbocycles. The summed E-state index contributed by atoms with van der Waals surface area (Å²) in [4.78, 5) is 6.45. The molecule has 0 bridgehead atoms. The van der Waals surface area contributed by atoms with Crippen LogP contribution in [0.4, 0.5) is 5.82 Å². The average molecular weight is 233 g/mol. The molecule has 17 heavy (non-hydrogen) atoms. The Morgan fingerprint density at radius 2 is 2.35 bits per heavy atom. The Bertz CT molecular complexity index is 522. The van der Waals surface area contributed by atoms with Crippen LogP contribution in [-0.4, -0.2) is 44.2 Å². The van der Waals surface area contributed by atoms with E-state index in [1.807, 2.05) is 0 Å². The molecular formula is C10H15N7. The van der Waals surface area contributed by atoms with Gasteiger partial charge in [0.05, 0.1) is 12.4 Å². The first-order valence-electron chi connectivity index (χ1n) is 5.78. The summed E-state index contributed by atoms with van der Waals surface area (Å²) in [5.74, 6) is 1.48. The van der Waals surface area contributed by atoms with E-state index in [0.29, 0.717) is 17.6 Å². The van der Waals surface area contributed by atoms with Gasteiger partial charge in [-0.15, -0.1) is 5.10 Å². The standard InChI is InChI=1S/C10H15N7/c1-7-2-8(3-11)6-16(7)10-5-12-4-9-13-14-15-17(9)10/h4-5,7-8H,2-3,6,11H2,1H3. The highest BCUT2D eigenvalue weighted by Gasteiger charge is 2.30. The van der Waals surface area contributed by atoms with E-state index < -0.39 is 0 Å². The molecule has 0 spiro atoms. The molecule has 1 aliphatic heterocycles. The molecule has 3 rings (SSSR count). The zero-order valence-corrected chi connectivity index (χ0v) is 9.69. The van der Waals surface area contributed by atoms with Gasteiger partial charge in [-0.1, -0.05) is 0 Å². The zero-order valence-electron chi connectivity index (χ0n) is 9.69. The van der Waals surface area contributed by atoms with E-state index >= 15 is 0 Å². The molecule has 7 nitrogen and oxygen atoms in total.